The Morgan fingerprint density at radius 1 is 1.14 bits per heavy atom. The number of rotatable bonds is 7. The Morgan fingerprint density at radius 2 is 1.71 bits per heavy atom. The summed E-state index contributed by atoms with van der Waals surface area (Å²) >= 11 is 3.38. The molecule has 0 aliphatic heterocycles. The molecule has 0 saturated carbocycles. The Kier molecular flexibility index (Phi) is 6.70. The number of ether oxygens (including phenoxy) is 1. The molecule has 0 fully saturated rings. The second-order valence-corrected chi connectivity index (χ2v) is 8.34. The maximum Gasteiger partial charge on any atom is 0.119 e. The smallest absolute Gasteiger partial charge is 0.119 e. The first-order valence-electron chi connectivity index (χ1n) is 7.39. The molecule has 21 heavy (non-hydrogen) atoms. The lowest BCUT2D eigenvalue weighted by atomic mass is 9.82. The highest BCUT2D eigenvalue weighted by molar-refractivity contribution is 9.10. The fraction of sp³-hybridized carbons (Fsp3) is 0.647. The molecule has 3 nitrogen and oxygen atoms in total. The fourth-order valence-electron chi connectivity index (χ4n) is 2.56. The van der Waals surface area contributed by atoms with Crippen LogP contribution in [-0.2, 0) is 0 Å². The first kappa shape index (κ1) is 18.5. The van der Waals surface area contributed by atoms with Crippen LogP contribution in [0, 0.1) is 5.41 Å². The van der Waals surface area contributed by atoms with Gasteiger partial charge in [0.25, 0.3) is 0 Å². The van der Waals surface area contributed by atoms with Crippen LogP contribution < -0.4 is 10.1 Å². The molecular weight excluding hydrogens is 330 g/mol. The molecular formula is C17H28BrNO2. The Labute approximate surface area is 137 Å². The predicted octanol–water partition coefficient (Wildman–Crippen LogP) is 3.99. The van der Waals surface area contributed by atoms with Gasteiger partial charge in [-0.3, -0.25) is 0 Å². The van der Waals surface area contributed by atoms with Gasteiger partial charge in [0.05, 0.1) is 0 Å². The molecule has 0 bridgehead atoms. The minimum absolute atomic E-state index is 0.00313. The van der Waals surface area contributed by atoms with Crippen molar-refractivity contribution in [2.24, 2.45) is 5.41 Å². The normalized spacial score (nSPS) is 14.0. The standard InChI is InChI=1S/C17H28BrNO2/c1-16(2,3)12-17(4,5)19-10-14(20)11-21-15-8-6-13(18)7-9-15/h6-9,14,19-20H,10-12H2,1-5H3. The zero-order valence-corrected chi connectivity index (χ0v) is 15.3. The van der Waals surface area contributed by atoms with E-state index in [1.807, 2.05) is 24.3 Å². The van der Waals surface area contributed by atoms with E-state index in [9.17, 15) is 5.11 Å². The number of halogens is 1. The van der Waals surface area contributed by atoms with Gasteiger partial charge in [0.2, 0.25) is 0 Å². The van der Waals surface area contributed by atoms with Gasteiger partial charge in [-0.1, -0.05) is 36.7 Å². The molecule has 1 rings (SSSR count). The summed E-state index contributed by atoms with van der Waals surface area (Å²) in [5.74, 6) is 0.770. The molecule has 4 heteroatoms. The average molecular weight is 358 g/mol. The van der Waals surface area contributed by atoms with Gasteiger partial charge in [0.1, 0.15) is 18.5 Å². The lowest BCUT2D eigenvalue weighted by Crippen LogP contribution is -2.46. The third-order valence-corrected chi connectivity index (χ3v) is 3.57. The van der Waals surface area contributed by atoms with E-state index >= 15 is 0 Å². The minimum Gasteiger partial charge on any atom is -0.491 e. The van der Waals surface area contributed by atoms with Crippen LogP contribution >= 0.6 is 15.9 Å². The Morgan fingerprint density at radius 3 is 2.24 bits per heavy atom. The topological polar surface area (TPSA) is 41.5 Å². The molecule has 0 saturated heterocycles. The van der Waals surface area contributed by atoms with Crippen LogP contribution in [0.3, 0.4) is 0 Å². The molecule has 1 aromatic rings. The van der Waals surface area contributed by atoms with Crippen molar-refractivity contribution in [2.75, 3.05) is 13.2 Å². The summed E-state index contributed by atoms with van der Waals surface area (Å²) in [7, 11) is 0. The molecule has 0 amide bonds. The van der Waals surface area contributed by atoms with Crippen LogP contribution in [-0.4, -0.2) is 29.9 Å². The lowest BCUT2D eigenvalue weighted by Gasteiger charge is -2.34. The second-order valence-electron chi connectivity index (χ2n) is 7.42. The highest BCUT2D eigenvalue weighted by atomic mass is 79.9. The zero-order valence-electron chi connectivity index (χ0n) is 13.7. The van der Waals surface area contributed by atoms with Crippen LogP contribution in [0.5, 0.6) is 5.75 Å². The summed E-state index contributed by atoms with van der Waals surface area (Å²) in [6, 6.07) is 7.61. The highest BCUT2D eigenvalue weighted by Gasteiger charge is 2.25. The summed E-state index contributed by atoms with van der Waals surface area (Å²) in [6.07, 6.45) is 0.521. The van der Waals surface area contributed by atoms with Crippen LogP contribution in [0.4, 0.5) is 0 Å². The van der Waals surface area contributed by atoms with Crippen LogP contribution in [0.15, 0.2) is 28.7 Å². The number of β-amino-alcohol motifs (C(OH)–C–C–N with tert-alkyl or cyclic N) is 1. The monoisotopic (exact) mass is 357 g/mol. The van der Waals surface area contributed by atoms with Gasteiger partial charge >= 0.3 is 0 Å². The number of hydrogen-bond donors (Lipinski definition) is 2. The van der Waals surface area contributed by atoms with E-state index in [-0.39, 0.29) is 11.0 Å². The zero-order chi connectivity index (χ0) is 16.1. The molecule has 0 aromatic heterocycles. The maximum absolute atomic E-state index is 10.0. The van der Waals surface area contributed by atoms with Crippen molar-refractivity contribution >= 4 is 15.9 Å². The van der Waals surface area contributed by atoms with Crippen LogP contribution in [0.1, 0.15) is 41.0 Å². The van der Waals surface area contributed by atoms with Crippen molar-refractivity contribution in [3.63, 3.8) is 0 Å². The van der Waals surface area contributed by atoms with Crippen molar-refractivity contribution in [1.82, 2.24) is 5.32 Å². The summed E-state index contributed by atoms with van der Waals surface area (Å²) < 4.78 is 6.59. The molecule has 120 valence electrons. The van der Waals surface area contributed by atoms with Crippen molar-refractivity contribution in [3.8, 4) is 5.75 Å². The molecule has 0 radical (unpaired) electrons. The minimum atomic E-state index is -0.520. The Bertz CT molecular complexity index is 423. The van der Waals surface area contributed by atoms with Crippen molar-refractivity contribution < 1.29 is 9.84 Å². The quantitative estimate of drug-likeness (QED) is 0.774. The molecule has 1 aromatic carbocycles. The number of aliphatic hydroxyl groups excluding tert-OH is 1. The SMILES string of the molecule is CC(C)(C)CC(C)(C)NCC(O)COc1ccc(Br)cc1. The van der Waals surface area contributed by atoms with Gasteiger partial charge in [-0.15, -0.1) is 0 Å². The molecule has 0 aliphatic rings. The van der Waals surface area contributed by atoms with Gasteiger partial charge in [0.15, 0.2) is 0 Å². The van der Waals surface area contributed by atoms with E-state index in [0.29, 0.717) is 13.2 Å². The third kappa shape index (κ3) is 8.44. The van der Waals surface area contributed by atoms with Gasteiger partial charge in [-0.2, -0.15) is 0 Å². The maximum atomic E-state index is 10.0. The van der Waals surface area contributed by atoms with Crippen LogP contribution in [0.25, 0.3) is 0 Å². The van der Waals surface area contributed by atoms with Gasteiger partial charge < -0.3 is 15.2 Å². The average Bonchev–Trinajstić information content (AvgIpc) is 2.33. The summed E-state index contributed by atoms with van der Waals surface area (Å²) in [4.78, 5) is 0. The predicted molar refractivity (Wildman–Crippen MR) is 91.8 cm³/mol. The second kappa shape index (κ2) is 7.61. The number of aliphatic hydroxyl groups is 1. The molecule has 0 aliphatic carbocycles. The fourth-order valence-corrected chi connectivity index (χ4v) is 2.83. The lowest BCUT2D eigenvalue weighted by molar-refractivity contribution is 0.0944. The first-order chi connectivity index (χ1) is 9.57. The number of nitrogens with one attached hydrogen (secondary N) is 1. The van der Waals surface area contributed by atoms with E-state index in [1.165, 1.54) is 0 Å². The Balaban J connectivity index is 2.33. The van der Waals surface area contributed by atoms with E-state index in [1.54, 1.807) is 0 Å². The van der Waals surface area contributed by atoms with Gasteiger partial charge in [-0.05, 0) is 49.9 Å². The molecule has 1 atom stereocenters. The van der Waals surface area contributed by atoms with E-state index in [2.05, 4.69) is 55.9 Å². The number of hydrogen-bond acceptors (Lipinski definition) is 3. The summed E-state index contributed by atoms with van der Waals surface area (Å²) in [5, 5.41) is 13.5. The first-order valence-corrected chi connectivity index (χ1v) is 8.18. The van der Waals surface area contributed by atoms with Gasteiger partial charge in [0, 0.05) is 16.6 Å². The van der Waals surface area contributed by atoms with E-state index < -0.39 is 6.10 Å². The van der Waals surface area contributed by atoms with Crippen molar-refractivity contribution in [1.29, 1.82) is 0 Å². The van der Waals surface area contributed by atoms with Gasteiger partial charge in [-0.25, -0.2) is 0 Å². The summed E-state index contributed by atoms with van der Waals surface area (Å²) in [6.45, 7) is 11.8. The Hall–Kier alpha value is -0.580. The highest BCUT2D eigenvalue weighted by Crippen LogP contribution is 2.26. The summed E-state index contributed by atoms with van der Waals surface area (Å²) in [5.41, 5.74) is 0.256. The van der Waals surface area contributed by atoms with Crippen molar-refractivity contribution in [3.05, 3.63) is 28.7 Å². The molecule has 2 N–H and O–H groups in total. The third-order valence-electron chi connectivity index (χ3n) is 3.04. The van der Waals surface area contributed by atoms with E-state index in [4.69, 9.17) is 4.74 Å². The van der Waals surface area contributed by atoms with Crippen LogP contribution in [0.2, 0.25) is 0 Å². The van der Waals surface area contributed by atoms with E-state index in [0.717, 1.165) is 16.6 Å². The molecule has 0 heterocycles. The number of benzene rings is 1. The largest absolute Gasteiger partial charge is 0.491 e. The van der Waals surface area contributed by atoms with Crippen molar-refractivity contribution in [2.45, 2.75) is 52.7 Å². The molecule has 0 spiro atoms. The molecule has 1 unspecified atom stereocenters.